The van der Waals surface area contributed by atoms with Gasteiger partial charge in [-0.2, -0.15) is 5.10 Å². The molecule has 22 heavy (non-hydrogen) atoms. The summed E-state index contributed by atoms with van der Waals surface area (Å²) in [6, 6.07) is 6.18. The summed E-state index contributed by atoms with van der Waals surface area (Å²) >= 11 is 0. The van der Waals surface area contributed by atoms with E-state index in [-0.39, 0.29) is 16.9 Å². The van der Waals surface area contributed by atoms with Gasteiger partial charge in [-0.25, -0.2) is 27.5 Å². The van der Waals surface area contributed by atoms with Crippen molar-refractivity contribution < 1.29 is 23.1 Å². The summed E-state index contributed by atoms with van der Waals surface area (Å²) in [6.45, 7) is 0. The van der Waals surface area contributed by atoms with Gasteiger partial charge in [0.2, 0.25) is 0 Å². The van der Waals surface area contributed by atoms with E-state index in [9.17, 15) is 18.0 Å². The lowest BCUT2D eigenvalue weighted by atomic mass is 10.1. The van der Waals surface area contributed by atoms with Crippen LogP contribution in [0.1, 0.15) is 22.5 Å². The molecule has 1 aromatic carbocycles. The van der Waals surface area contributed by atoms with Crippen LogP contribution in [0, 0.1) is 5.82 Å². The van der Waals surface area contributed by atoms with E-state index in [1.54, 1.807) is 0 Å². The van der Waals surface area contributed by atoms with Gasteiger partial charge in [-0.1, -0.05) is 0 Å². The van der Waals surface area contributed by atoms with Crippen molar-refractivity contribution in [1.29, 1.82) is 0 Å². The van der Waals surface area contributed by atoms with E-state index in [0.29, 0.717) is 5.56 Å². The molecule has 3 aromatic rings. The van der Waals surface area contributed by atoms with Gasteiger partial charge >= 0.3 is 5.97 Å². The Morgan fingerprint density at radius 3 is 2.50 bits per heavy atom. The number of halogens is 3. The number of rotatable bonds is 3. The number of benzene rings is 1. The predicted octanol–water partition coefficient (Wildman–Crippen LogP) is 3.17. The van der Waals surface area contributed by atoms with Gasteiger partial charge in [0, 0.05) is 5.56 Å². The predicted molar refractivity (Wildman–Crippen MR) is 70.3 cm³/mol. The number of fused-ring (bicyclic) bond motifs is 1. The Kier molecular flexibility index (Phi) is 3.28. The Balaban J connectivity index is 2.29. The molecule has 0 spiro atoms. The first kappa shape index (κ1) is 14.1. The van der Waals surface area contributed by atoms with Crippen LogP contribution in [-0.4, -0.2) is 25.7 Å². The molecule has 0 aliphatic rings. The average Bonchev–Trinajstić information content (AvgIpc) is 2.90. The molecule has 3 rings (SSSR count). The molecule has 0 fully saturated rings. The van der Waals surface area contributed by atoms with Gasteiger partial charge in [-0.15, -0.1) is 0 Å². The van der Waals surface area contributed by atoms with E-state index in [1.807, 2.05) is 0 Å². The van der Waals surface area contributed by atoms with Crippen molar-refractivity contribution in [1.82, 2.24) is 14.6 Å². The smallest absolute Gasteiger partial charge is 0.341 e. The number of hydrogen-bond donors (Lipinski definition) is 1. The first-order valence-electron chi connectivity index (χ1n) is 6.13. The van der Waals surface area contributed by atoms with Crippen LogP contribution in [0.25, 0.3) is 16.9 Å². The van der Waals surface area contributed by atoms with Crippen LogP contribution < -0.4 is 0 Å². The molecule has 0 amide bonds. The molecule has 0 bridgehead atoms. The highest BCUT2D eigenvalue weighted by atomic mass is 19.3. The quantitative estimate of drug-likeness (QED) is 0.807. The van der Waals surface area contributed by atoms with Crippen LogP contribution >= 0.6 is 0 Å². The zero-order valence-corrected chi connectivity index (χ0v) is 10.9. The topological polar surface area (TPSA) is 67.5 Å². The third kappa shape index (κ3) is 2.28. The normalized spacial score (nSPS) is 11.3. The molecule has 5 nitrogen and oxygen atoms in total. The number of aromatic nitrogens is 3. The fourth-order valence-corrected chi connectivity index (χ4v) is 2.06. The lowest BCUT2D eigenvalue weighted by Gasteiger charge is -2.08. The van der Waals surface area contributed by atoms with Gasteiger partial charge in [-0.05, 0) is 30.3 Å². The van der Waals surface area contributed by atoms with E-state index in [0.717, 1.165) is 28.9 Å². The van der Waals surface area contributed by atoms with Crippen molar-refractivity contribution in [2.45, 2.75) is 6.43 Å². The average molecular weight is 307 g/mol. The Hall–Kier alpha value is -2.90. The highest BCUT2D eigenvalue weighted by molar-refractivity contribution is 5.94. The number of carboxylic acids is 1. The number of carbonyl (C=O) groups is 1. The second kappa shape index (κ2) is 5.14. The molecule has 2 aromatic heterocycles. The lowest BCUT2D eigenvalue weighted by Crippen LogP contribution is -2.04. The summed E-state index contributed by atoms with van der Waals surface area (Å²) in [6.07, 6.45) is -1.91. The fraction of sp³-hybridized carbons (Fsp3) is 0.0714. The van der Waals surface area contributed by atoms with E-state index in [2.05, 4.69) is 10.1 Å². The molecule has 1 N–H and O–H groups in total. The summed E-state index contributed by atoms with van der Waals surface area (Å²) in [5.74, 6) is -1.80. The second-order valence-electron chi connectivity index (χ2n) is 4.47. The maximum Gasteiger partial charge on any atom is 0.341 e. The minimum atomic E-state index is -2.87. The molecule has 112 valence electrons. The standard InChI is InChI=1S/C14H8F3N3O2/c15-8-3-1-7(2-4-8)10-5-11(12(16)17)20-13(19-10)9(6-18-20)14(21)22/h1-6,12H,(H,21,22). The fourth-order valence-electron chi connectivity index (χ4n) is 2.06. The van der Waals surface area contributed by atoms with Gasteiger partial charge < -0.3 is 5.11 Å². The first-order chi connectivity index (χ1) is 10.5. The second-order valence-corrected chi connectivity index (χ2v) is 4.47. The molecule has 0 aliphatic heterocycles. The van der Waals surface area contributed by atoms with Gasteiger partial charge in [-0.3, -0.25) is 0 Å². The van der Waals surface area contributed by atoms with Crippen LogP contribution in [0.3, 0.4) is 0 Å². The van der Waals surface area contributed by atoms with Crippen molar-refractivity contribution in [2.75, 3.05) is 0 Å². The number of nitrogens with zero attached hydrogens (tertiary/aromatic N) is 3. The van der Waals surface area contributed by atoms with Crippen LogP contribution in [0.5, 0.6) is 0 Å². The monoisotopic (exact) mass is 307 g/mol. The summed E-state index contributed by atoms with van der Waals surface area (Å²) < 4.78 is 40.1. The Morgan fingerprint density at radius 1 is 1.23 bits per heavy atom. The molecule has 0 atom stereocenters. The molecule has 0 aliphatic carbocycles. The maximum absolute atomic E-state index is 13.2. The van der Waals surface area contributed by atoms with E-state index < -0.39 is 23.9 Å². The molecule has 0 saturated carbocycles. The minimum Gasteiger partial charge on any atom is -0.477 e. The molecule has 2 heterocycles. The Labute approximate surface area is 121 Å². The van der Waals surface area contributed by atoms with Crippen LogP contribution in [0.4, 0.5) is 13.2 Å². The van der Waals surface area contributed by atoms with Crippen LogP contribution in [0.15, 0.2) is 36.5 Å². The number of carboxylic acid groups (broad SMARTS) is 1. The first-order valence-corrected chi connectivity index (χ1v) is 6.13. The Morgan fingerprint density at radius 2 is 1.91 bits per heavy atom. The minimum absolute atomic E-state index is 0.116. The van der Waals surface area contributed by atoms with Crippen molar-refractivity contribution in [2.24, 2.45) is 0 Å². The van der Waals surface area contributed by atoms with E-state index in [1.165, 1.54) is 12.1 Å². The molecule has 0 unspecified atom stereocenters. The summed E-state index contributed by atoms with van der Waals surface area (Å²) in [5.41, 5.74) is -0.457. The zero-order valence-electron chi connectivity index (χ0n) is 10.9. The van der Waals surface area contributed by atoms with Crippen LogP contribution in [-0.2, 0) is 0 Å². The van der Waals surface area contributed by atoms with Gasteiger partial charge in [0.15, 0.2) is 5.65 Å². The largest absolute Gasteiger partial charge is 0.477 e. The number of aromatic carboxylic acids is 1. The molecular formula is C14H8F3N3O2. The van der Waals surface area contributed by atoms with E-state index in [4.69, 9.17) is 5.11 Å². The van der Waals surface area contributed by atoms with Crippen molar-refractivity contribution in [3.05, 3.63) is 53.6 Å². The molecule has 0 radical (unpaired) electrons. The molecular weight excluding hydrogens is 299 g/mol. The summed E-state index contributed by atoms with van der Waals surface area (Å²) in [5, 5.41) is 12.7. The third-order valence-electron chi connectivity index (χ3n) is 3.09. The highest BCUT2D eigenvalue weighted by Crippen LogP contribution is 2.26. The van der Waals surface area contributed by atoms with Crippen molar-refractivity contribution >= 4 is 11.6 Å². The highest BCUT2D eigenvalue weighted by Gasteiger charge is 2.21. The number of alkyl halides is 2. The zero-order chi connectivity index (χ0) is 15.9. The summed E-state index contributed by atoms with van der Waals surface area (Å²) in [7, 11) is 0. The molecule has 0 saturated heterocycles. The SMILES string of the molecule is O=C(O)c1cnn2c(C(F)F)cc(-c3ccc(F)cc3)nc12. The Bertz CT molecular complexity index is 860. The van der Waals surface area contributed by atoms with Gasteiger partial charge in [0.05, 0.1) is 11.9 Å². The summed E-state index contributed by atoms with van der Waals surface area (Å²) in [4.78, 5) is 15.2. The van der Waals surface area contributed by atoms with Crippen molar-refractivity contribution in [3.8, 4) is 11.3 Å². The third-order valence-corrected chi connectivity index (χ3v) is 3.09. The van der Waals surface area contributed by atoms with Crippen molar-refractivity contribution in [3.63, 3.8) is 0 Å². The van der Waals surface area contributed by atoms with Crippen LogP contribution in [0.2, 0.25) is 0 Å². The molecule has 8 heteroatoms. The van der Waals surface area contributed by atoms with E-state index >= 15 is 0 Å². The van der Waals surface area contributed by atoms with Gasteiger partial charge in [0.25, 0.3) is 6.43 Å². The number of hydrogen-bond acceptors (Lipinski definition) is 3. The van der Waals surface area contributed by atoms with Gasteiger partial charge in [0.1, 0.15) is 17.1 Å². The lowest BCUT2D eigenvalue weighted by molar-refractivity contribution is 0.0698. The maximum atomic E-state index is 13.2.